The SMILES string of the molecule is Cc1ccc(CP(C)(=O)O)cc1. The van der Waals surface area contributed by atoms with E-state index in [4.69, 9.17) is 4.89 Å². The Morgan fingerprint density at radius 1 is 1.33 bits per heavy atom. The summed E-state index contributed by atoms with van der Waals surface area (Å²) in [5, 5.41) is 0. The molecule has 0 spiro atoms. The van der Waals surface area contributed by atoms with Crippen LogP contribution >= 0.6 is 7.37 Å². The minimum Gasteiger partial charge on any atom is -0.344 e. The Kier molecular flexibility index (Phi) is 2.71. The summed E-state index contributed by atoms with van der Waals surface area (Å²) in [4.78, 5) is 9.10. The van der Waals surface area contributed by atoms with Crippen molar-refractivity contribution in [3.63, 3.8) is 0 Å². The molecule has 12 heavy (non-hydrogen) atoms. The Bertz CT molecular complexity index is 297. The van der Waals surface area contributed by atoms with Gasteiger partial charge >= 0.3 is 0 Å². The second kappa shape index (κ2) is 3.42. The molecule has 0 aliphatic carbocycles. The summed E-state index contributed by atoms with van der Waals surface area (Å²) in [6.07, 6.45) is 0.271. The van der Waals surface area contributed by atoms with E-state index in [1.165, 1.54) is 12.2 Å². The molecule has 0 bridgehead atoms. The summed E-state index contributed by atoms with van der Waals surface area (Å²) in [6.45, 7) is 3.38. The maximum atomic E-state index is 11.0. The molecule has 0 aliphatic rings. The Hall–Kier alpha value is -0.590. The molecule has 1 N–H and O–H groups in total. The van der Waals surface area contributed by atoms with Crippen molar-refractivity contribution in [3.05, 3.63) is 35.4 Å². The molecule has 0 radical (unpaired) electrons. The van der Waals surface area contributed by atoms with Crippen LogP contribution in [0.5, 0.6) is 0 Å². The molecule has 3 heteroatoms. The number of aryl methyl sites for hydroxylation is 1. The Morgan fingerprint density at radius 3 is 2.25 bits per heavy atom. The zero-order valence-electron chi connectivity index (χ0n) is 7.32. The summed E-state index contributed by atoms with van der Waals surface area (Å²) in [5.74, 6) is 0. The van der Waals surface area contributed by atoms with Crippen LogP contribution in [0.4, 0.5) is 0 Å². The molecule has 1 unspecified atom stereocenters. The van der Waals surface area contributed by atoms with E-state index >= 15 is 0 Å². The molecule has 0 aromatic heterocycles. The van der Waals surface area contributed by atoms with Gasteiger partial charge in [-0.15, -0.1) is 0 Å². The lowest BCUT2D eigenvalue weighted by atomic mass is 10.2. The molecular formula is C9H13O2P. The third kappa shape index (κ3) is 3.21. The van der Waals surface area contributed by atoms with Crippen LogP contribution in [0.25, 0.3) is 0 Å². The second-order valence-electron chi connectivity index (χ2n) is 3.19. The third-order valence-corrected chi connectivity index (χ3v) is 2.55. The highest BCUT2D eigenvalue weighted by Crippen LogP contribution is 2.39. The third-order valence-electron chi connectivity index (χ3n) is 1.60. The number of rotatable bonds is 2. The summed E-state index contributed by atoms with van der Waals surface area (Å²) >= 11 is 0. The van der Waals surface area contributed by atoms with Crippen LogP contribution < -0.4 is 0 Å². The van der Waals surface area contributed by atoms with E-state index in [9.17, 15) is 4.57 Å². The minimum atomic E-state index is -2.90. The first-order chi connectivity index (χ1) is 5.47. The van der Waals surface area contributed by atoms with Crippen LogP contribution in [0.2, 0.25) is 0 Å². The largest absolute Gasteiger partial charge is 0.344 e. The normalized spacial score (nSPS) is 15.6. The van der Waals surface area contributed by atoms with E-state index < -0.39 is 7.37 Å². The Labute approximate surface area is 72.7 Å². The van der Waals surface area contributed by atoms with Gasteiger partial charge in [0.05, 0.1) is 0 Å². The highest BCUT2D eigenvalue weighted by atomic mass is 31.2. The van der Waals surface area contributed by atoms with Crippen molar-refractivity contribution in [3.8, 4) is 0 Å². The van der Waals surface area contributed by atoms with Crippen molar-refractivity contribution >= 4 is 7.37 Å². The second-order valence-corrected chi connectivity index (χ2v) is 5.61. The molecule has 0 heterocycles. The topological polar surface area (TPSA) is 37.3 Å². The van der Waals surface area contributed by atoms with Crippen LogP contribution in [0.1, 0.15) is 11.1 Å². The van der Waals surface area contributed by atoms with Crippen molar-refractivity contribution in [1.29, 1.82) is 0 Å². The molecule has 1 rings (SSSR count). The van der Waals surface area contributed by atoms with Crippen LogP contribution in [-0.2, 0) is 10.7 Å². The van der Waals surface area contributed by atoms with Gasteiger partial charge in [-0.3, -0.25) is 4.57 Å². The van der Waals surface area contributed by atoms with Gasteiger partial charge in [0.25, 0.3) is 0 Å². The molecule has 0 aliphatic heterocycles. The van der Waals surface area contributed by atoms with Crippen molar-refractivity contribution < 1.29 is 9.46 Å². The van der Waals surface area contributed by atoms with Gasteiger partial charge in [0.2, 0.25) is 7.37 Å². The molecule has 0 saturated carbocycles. The van der Waals surface area contributed by atoms with E-state index in [0.29, 0.717) is 0 Å². The van der Waals surface area contributed by atoms with E-state index in [1.54, 1.807) is 0 Å². The summed E-state index contributed by atoms with van der Waals surface area (Å²) in [6, 6.07) is 7.68. The lowest BCUT2D eigenvalue weighted by Gasteiger charge is -2.04. The number of hydrogen-bond acceptors (Lipinski definition) is 1. The lowest BCUT2D eigenvalue weighted by Crippen LogP contribution is -1.85. The van der Waals surface area contributed by atoms with Gasteiger partial charge in [-0.2, -0.15) is 0 Å². The van der Waals surface area contributed by atoms with Gasteiger partial charge in [0.15, 0.2) is 0 Å². The fraction of sp³-hybridized carbons (Fsp3) is 0.333. The highest BCUT2D eigenvalue weighted by molar-refractivity contribution is 7.56. The van der Waals surface area contributed by atoms with Gasteiger partial charge in [-0.25, -0.2) is 0 Å². The zero-order chi connectivity index (χ0) is 9.19. The van der Waals surface area contributed by atoms with Crippen molar-refractivity contribution in [2.24, 2.45) is 0 Å². The van der Waals surface area contributed by atoms with E-state index in [0.717, 1.165) is 5.56 Å². The van der Waals surface area contributed by atoms with Crippen LogP contribution in [0.3, 0.4) is 0 Å². The van der Waals surface area contributed by atoms with E-state index in [-0.39, 0.29) is 6.16 Å². The van der Waals surface area contributed by atoms with Gasteiger partial charge in [0.1, 0.15) is 0 Å². The Balaban J connectivity index is 2.78. The van der Waals surface area contributed by atoms with Gasteiger partial charge < -0.3 is 4.89 Å². The molecular weight excluding hydrogens is 171 g/mol. The first-order valence-corrected chi connectivity index (χ1v) is 6.11. The molecule has 1 aromatic rings. The first kappa shape index (κ1) is 9.50. The Morgan fingerprint density at radius 2 is 1.83 bits per heavy atom. The smallest absolute Gasteiger partial charge is 0.201 e. The van der Waals surface area contributed by atoms with Crippen LogP contribution in [-0.4, -0.2) is 11.6 Å². The van der Waals surface area contributed by atoms with Crippen molar-refractivity contribution in [2.75, 3.05) is 6.66 Å². The molecule has 1 atom stereocenters. The lowest BCUT2D eigenvalue weighted by molar-refractivity contribution is 0.484. The van der Waals surface area contributed by atoms with Crippen LogP contribution in [0.15, 0.2) is 24.3 Å². The molecule has 0 fully saturated rings. The van der Waals surface area contributed by atoms with Gasteiger partial charge in [0, 0.05) is 12.8 Å². The summed E-state index contributed by atoms with van der Waals surface area (Å²) in [5.41, 5.74) is 2.09. The first-order valence-electron chi connectivity index (χ1n) is 3.82. The molecule has 0 saturated heterocycles. The van der Waals surface area contributed by atoms with Crippen molar-refractivity contribution in [1.82, 2.24) is 0 Å². The van der Waals surface area contributed by atoms with E-state index in [2.05, 4.69) is 0 Å². The van der Waals surface area contributed by atoms with Crippen LogP contribution in [0, 0.1) is 6.92 Å². The monoisotopic (exact) mass is 184 g/mol. The predicted octanol–water partition coefficient (Wildman–Crippen LogP) is 2.40. The summed E-state index contributed by atoms with van der Waals surface area (Å²) < 4.78 is 11.0. The molecule has 1 aromatic carbocycles. The molecule has 66 valence electrons. The van der Waals surface area contributed by atoms with Crippen molar-refractivity contribution in [2.45, 2.75) is 13.1 Å². The standard InChI is InChI=1S/C9H13O2P/c1-8-3-5-9(6-4-8)7-12(2,10)11/h3-6H,7H2,1-2H3,(H,10,11). The van der Waals surface area contributed by atoms with Gasteiger partial charge in [-0.1, -0.05) is 29.8 Å². The molecule has 0 amide bonds. The fourth-order valence-corrected chi connectivity index (χ4v) is 1.92. The highest BCUT2D eigenvalue weighted by Gasteiger charge is 2.09. The molecule has 2 nitrogen and oxygen atoms in total. The summed E-state index contributed by atoms with van der Waals surface area (Å²) in [7, 11) is -2.90. The quantitative estimate of drug-likeness (QED) is 0.716. The minimum absolute atomic E-state index is 0.271. The maximum absolute atomic E-state index is 11.0. The maximum Gasteiger partial charge on any atom is 0.201 e. The fourth-order valence-electron chi connectivity index (χ4n) is 1.03. The predicted molar refractivity (Wildman–Crippen MR) is 50.6 cm³/mol. The zero-order valence-corrected chi connectivity index (χ0v) is 8.21. The average Bonchev–Trinajstić information content (AvgIpc) is 1.91. The number of hydrogen-bond donors (Lipinski definition) is 1. The van der Waals surface area contributed by atoms with E-state index in [1.807, 2.05) is 31.2 Å². The average molecular weight is 184 g/mol. The van der Waals surface area contributed by atoms with Gasteiger partial charge in [-0.05, 0) is 12.5 Å². The number of benzene rings is 1.